The number of aromatic nitrogens is 3. The van der Waals surface area contributed by atoms with Gasteiger partial charge in [0.25, 0.3) is 0 Å². The zero-order chi connectivity index (χ0) is 51.8. The molecule has 3 aromatic heterocycles. The highest BCUT2D eigenvalue weighted by molar-refractivity contribution is 5.95. The van der Waals surface area contributed by atoms with Crippen LogP contribution in [0.5, 0.6) is 34.5 Å². The van der Waals surface area contributed by atoms with Crippen molar-refractivity contribution in [2.75, 3.05) is 0 Å². The van der Waals surface area contributed by atoms with Crippen molar-refractivity contribution in [1.29, 1.82) is 0 Å². The summed E-state index contributed by atoms with van der Waals surface area (Å²) >= 11 is 0. The second-order valence-corrected chi connectivity index (χ2v) is 17.4. The number of hydrogen-bond donors (Lipinski definition) is 9. The molecule has 0 atom stereocenters. The Balaban J connectivity index is 0.000000158. The summed E-state index contributed by atoms with van der Waals surface area (Å²) < 4.78 is 5.97. The van der Waals surface area contributed by atoms with Gasteiger partial charge in [0.05, 0.1) is 35.8 Å². The van der Waals surface area contributed by atoms with Gasteiger partial charge in [-0.25, -0.2) is 0 Å². The molecule has 72 heavy (non-hydrogen) atoms. The number of phenolic OH excluding ortho intramolecular Hbond substituents is 6. The molecule has 0 spiro atoms. The van der Waals surface area contributed by atoms with Crippen LogP contribution in [0.15, 0.2) is 127 Å². The number of fused-ring (bicyclic) bond motifs is 3. The van der Waals surface area contributed by atoms with Crippen molar-refractivity contribution in [2.45, 2.75) is 78.9 Å². The number of phenols is 6. The molecule has 0 bridgehead atoms. The van der Waals surface area contributed by atoms with Crippen LogP contribution in [0.2, 0.25) is 0 Å². The first-order chi connectivity index (χ1) is 34.5. The van der Waals surface area contributed by atoms with Crippen molar-refractivity contribution in [3.63, 3.8) is 0 Å². The number of hydrogen-bond acceptors (Lipinski definition) is 9. The first-order valence-electron chi connectivity index (χ1n) is 23.5. The molecule has 0 saturated carbocycles. The zero-order valence-electron chi connectivity index (χ0n) is 40.1. The maximum atomic E-state index is 11.3. The molecule has 0 unspecified atom stereocenters. The first-order valence-corrected chi connectivity index (χ1v) is 23.5. The van der Waals surface area contributed by atoms with Crippen LogP contribution < -0.4 is 0 Å². The van der Waals surface area contributed by atoms with Crippen LogP contribution in [0, 0.1) is 0 Å². The number of nitrogens with zero attached hydrogens (tertiary/aromatic N) is 3. The smallest absolute Gasteiger partial charge is 0.307 e. The number of carboxylic acid groups (broad SMARTS) is 3. The summed E-state index contributed by atoms with van der Waals surface area (Å²) in [5.74, 6) is -1.79. The summed E-state index contributed by atoms with van der Waals surface area (Å²) in [4.78, 5) is 33.8. The quantitative estimate of drug-likeness (QED) is 0.0466. The van der Waals surface area contributed by atoms with E-state index in [4.69, 9.17) is 0 Å². The van der Waals surface area contributed by atoms with E-state index in [1.807, 2.05) is 64.8 Å². The summed E-state index contributed by atoms with van der Waals surface area (Å²) in [7, 11) is 0. The SMILES string of the molecule is CCc1c(CC(=O)O)c2c(O)cccc2n1Cc1cccc(O)c1.CCc1c(CC(=O)O)c2ccc(O)cc2n1Cc1cccc(O)c1.CCc1c(CC(=O)O)c2cccc(O)c2n1Cc1cccc(O)c1. The second kappa shape index (κ2) is 22.3. The number of aliphatic carboxylic acids is 3. The van der Waals surface area contributed by atoms with Gasteiger partial charge in [0.2, 0.25) is 0 Å². The van der Waals surface area contributed by atoms with Gasteiger partial charge in [-0.15, -0.1) is 0 Å². The van der Waals surface area contributed by atoms with Gasteiger partial charge in [0.1, 0.15) is 34.5 Å². The topological polar surface area (TPSA) is 248 Å². The Hall–Kier alpha value is -8.85. The first kappa shape index (κ1) is 51.0. The summed E-state index contributed by atoms with van der Waals surface area (Å²) in [5.41, 5.74) is 9.79. The summed E-state index contributed by atoms with van der Waals surface area (Å²) in [6.07, 6.45) is 1.69. The standard InChI is InChI=1S/3C19H19NO4/c1-2-15-14(10-18(23)24)19-16(7-4-8-17(19)22)20(15)11-12-5-3-6-13(21)9-12;1-2-16-15(10-18(23)24)14-7-4-8-17(22)19(14)20(16)11-12-5-3-6-13(21)9-12;1-2-17-16(10-19(23)24)15-7-6-14(22)9-18(15)20(17)11-12-4-3-5-13(21)8-12/h3*3-9,21-22H,2,10-11H2,1H3,(H,23,24). The Morgan fingerprint density at radius 2 is 0.806 bits per heavy atom. The van der Waals surface area contributed by atoms with E-state index in [9.17, 15) is 60.3 Å². The van der Waals surface area contributed by atoms with Gasteiger partial charge >= 0.3 is 17.9 Å². The largest absolute Gasteiger partial charge is 0.508 e. The van der Waals surface area contributed by atoms with Crippen LogP contribution in [0.1, 0.15) is 71.2 Å². The Morgan fingerprint density at radius 1 is 0.403 bits per heavy atom. The van der Waals surface area contributed by atoms with E-state index in [1.54, 1.807) is 97.1 Å². The minimum Gasteiger partial charge on any atom is -0.508 e. The predicted molar refractivity (Wildman–Crippen MR) is 275 cm³/mol. The van der Waals surface area contributed by atoms with Crippen LogP contribution in [0.3, 0.4) is 0 Å². The van der Waals surface area contributed by atoms with E-state index in [-0.39, 0.29) is 53.8 Å². The zero-order valence-corrected chi connectivity index (χ0v) is 40.1. The lowest BCUT2D eigenvalue weighted by Crippen LogP contribution is -2.07. The van der Waals surface area contributed by atoms with Crippen molar-refractivity contribution >= 4 is 50.6 Å². The van der Waals surface area contributed by atoms with Crippen molar-refractivity contribution < 1.29 is 60.3 Å². The summed E-state index contributed by atoms with van der Waals surface area (Å²) in [5, 5.41) is 89.4. The number of para-hydroxylation sites is 1. The molecule has 0 fully saturated rings. The highest BCUT2D eigenvalue weighted by Crippen LogP contribution is 2.37. The molecular weight excluding hydrogens is 919 g/mol. The minimum atomic E-state index is -0.927. The fraction of sp³-hybridized carbons (Fsp3) is 0.211. The molecule has 15 nitrogen and oxygen atoms in total. The fourth-order valence-electron chi connectivity index (χ4n) is 9.79. The number of rotatable bonds is 15. The molecule has 15 heteroatoms. The van der Waals surface area contributed by atoms with E-state index in [0.29, 0.717) is 55.4 Å². The molecule has 9 rings (SSSR count). The van der Waals surface area contributed by atoms with Gasteiger partial charge in [-0.2, -0.15) is 0 Å². The molecule has 9 N–H and O–H groups in total. The van der Waals surface area contributed by atoms with Crippen molar-refractivity contribution in [3.05, 3.63) is 178 Å². The lowest BCUT2D eigenvalue weighted by molar-refractivity contribution is -0.137. The summed E-state index contributed by atoms with van der Waals surface area (Å²) in [6, 6.07) is 36.2. The Morgan fingerprint density at radius 3 is 1.31 bits per heavy atom. The van der Waals surface area contributed by atoms with Crippen LogP contribution in [-0.2, 0) is 72.5 Å². The monoisotopic (exact) mass is 975 g/mol. The molecule has 9 aromatic rings. The molecule has 0 radical (unpaired) electrons. The van der Waals surface area contributed by atoms with Crippen LogP contribution >= 0.6 is 0 Å². The molecule has 6 aromatic carbocycles. The number of carboxylic acids is 3. The molecule has 0 saturated heterocycles. The van der Waals surface area contributed by atoms with Gasteiger partial charge in [-0.05, 0) is 119 Å². The van der Waals surface area contributed by atoms with Gasteiger partial charge in [-0.3, -0.25) is 14.4 Å². The maximum absolute atomic E-state index is 11.3. The fourth-order valence-corrected chi connectivity index (χ4v) is 9.79. The van der Waals surface area contributed by atoms with Crippen molar-refractivity contribution in [1.82, 2.24) is 13.7 Å². The van der Waals surface area contributed by atoms with Crippen molar-refractivity contribution in [3.8, 4) is 34.5 Å². The Kier molecular flexibility index (Phi) is 15.8. The Labute approximate surface area is 414 Å². The van der Waals surface area contributed by atoms with Crippen LogP contribution in [0.4, 0.5) is 0 Å². The molecule has 0 aliphatic carbocycles. The van der Waals surface area contributed by atoms with Gasteiger partial charge in [0, 0.05) is 58.9 Å². The minimum absolute atomic E-state index is 0.0580. The number of aromatic hydroxyl groups is 6. The third-order valence-electron chi connectivity index (χ3n) is 12.6. The summed E-state index contributed by atoms with van der Waals surface area (Å²) in [6.45, 7) is 7.36. The van der Waals surface area contributed by atoms with E-state index >= 15 is 0 Å². The number of carbonyl (C=O) groups is 3. The molecule has 372 valence electrons. The predicted octanol–water partition coefficient (Wildman–Crippen LogP) is 9.87. The van der Waals surface area contributed by atoms with Crippen LogP contribution in [0.25, 0.3) is 32.7 Å². The Bertz CT molecular complexity index is 3400. The average Bonchev–Trinajstić information content (AvgIpc) is 3.90. The molecular formula is C57H57N3O12. The second-order valence-electron chi connectivity index (χ2n) is 17.4. The number of benzene rings is 6. The highest BCUT2D eigenvalue weighted by Gasteiger charge is 2.23. The van der Waals surface area contributed by atoms with Crippen LogP contribution in [-0.4, -0.2) is 77.6 Å². The van der Waals surface area contributed by atoms with Crippen molar-refractivity contribution in [2.24, 2.45) is 0 Å². The van der Waals surface area contributed by atoms with Gasteiger partial charge in [0.15, 0.2) is 0 Å². The van der Waals surface area contributed by atoms with Gasteiger partial charge < -0.3 is 59.7 Å². The molecule has 0 amide bonds. The highest BCUT2D eigenvalue weighted by atomic mass is 16.4. The molecule has 3 heterocycles. The van der Waals surface area contributed by atoms with Gasteiger partial charge in [-0.1, -0.05) is 75.4 Å². The lowest BCUT2D eigenvalue weighted by atomic mass is 10.1. The van der Waals surface area contributed by atoms with E-state index in [0.717, 1.165) is 66.7 Å². The molecule has 0 aliphatic heterocycles. The van der Waals surface area contributed by atoms with E-state index < -0.39 is 17.9 Å². The third-order valence-corrected chi connectivity index (χ3v) is 12.6. The average molecular weight is 976 g/mol. The van der Waals surface area contributed by atoms with E-state index in [1.165, 1.54) is 0 Å². The normalized spacial score (nSPS) is 11.0. The lowest BCUT2D eigenvalue weighted by Gasteiger charge is -2.12. The molecule has 0 aliphatic rings. The third kappa shape index (κ3) is 11.3. The van der Waals surface area contributed by atoms with E-state index in [2.05, 4.69) is 0 Å². The maximum Gasteiger partial charge on any atom is 0.307 e.